The van der Waals surface area contributed by atoms with Crippen molar-refractivity contribution in [3.63, 3.8) is 0 Å². The highest BCUT2D eigenvalue weighted by Crippen LogP contribution is 2.65. The Hall–Kier alpha value is -4.89. The van der Waals surface area contributed by atoms with Crippen molar-refractivity contribution in [1.82, 2.24) is 14.1 Å². The van der Waals surface area contributed by atoms with Crippen molar-refractivity contribution >= 4 is 21.8 Å². The van der Waals surface area contributed by atoms with E-state index in [-0.39, 0.29) is 16.7 Å². The minimum Gasteiger partial charge on any atom is -0.341 e. The lowest BCUT2D eigenvalue weighted by atomic mass is 9.83. The van der Waals surface area contributed by atoms with Gasteiger partial charge in [-0.15, -0.1) is 0 Å². The molecule has 0 radical (unpaired) electrons. The Labute approximate surface area is 310 Å². The first-order valence-electron chi connectivity index (χ1n) is 19.3. The lowest BCUT2D eigenvalue weighted by Crippen LogP contribution is -2.14. The van der Waals surface area contributed by atoms with Crippen molar-refractivity contribution in [2.45, 2.75) is 99.5 Å². The standard InChI is InChI=1S/C49H53N3/c1-11-51-42-18-13-12-17-38(42)39-27-34(20-24-43(39)51)37-22-21-36(30(2)3)46(44(37)31(4)5)52-26-25-50-47(52)40-28-35(45-32(6)15-14-16-33(45)7)19-23-41(40)49(10)29-48(49,8)9/h12-28,30-31H,11,29H2,1-10H3. The van der Waals surface area contributed by atoms with Gasteiger partial charge in [0.15, 0.2) is 0 Å². The molecule has 264 valence electrons. The highest BCUT2D eigenvalue weighted by atomic mass is 15.1. The van der Waals surface area contributed by atoms with E-state index >= 15 is 0 Å². The van der Waals surface area contributed by atoms with Crippen LogP contribution in [0.15, 0.2) is 103 Å². The summed E-state index contributed by atoms with van der Waals surface area (Å²) in [6.07, 6.45) is 5.38. The minimum absolute atomic E-state index is 0.0785. The average Bonchev–Trinajstić information content (AvgIpc) is 3.43. The Kier molecular flexibility index (Phi) is 8.13. The second-order valence-electron chi connectivity index (χ2n) is 16.8. The fourth-order valence-electron chi connectivity index (χ4n) is 9.38. The Bertz CT molecular complexity index is 2480. The first-order valence-corrected chi connectivity index (χ1v) is 19.3. The molecular formula is C49H53N3. The molecule has 2 heterocycles. The quantitative estimate of drug-likeness (QED) is 0.156. The first kappa shape index (κ1) is 34.2. The molecule has 1 unspecified atom stereocenters. The molecule has 7 aromatic rings. The van der Waals surface area contributed by atoms with Crippen LogP contribution >= 0.6 is 0 Å². The third-order valence-corrected chi connectivity index (χ3v) is 12.5. The van der Waals surface area contributed by atoms with Crippen LogP contribution in [-0.2, 0) is 12.0 Å². The second-order valence-corrected chi connectivity index (χ2v) is 16.8. The summed E-state index contributed by atoms with van der Waals surface area (Å²) in [5.74, 6) is 1.64. The number of imidazole rings is 1. The van der Waals surface area contributed by atoms with E-state index in [9.17, 15) is 0 Å². The second kappa shape index (κ2) is 12.4. The van der Waals surface area contributed by atoms with Crippen LogP contribution in [0.25, 0.3) is 61.1 Å². The van der Waals surface area contributed by atoms with Crippen molar-refractivity contribution < 1.29 is 0 Å². The van der Waals surface area contributed by atoms with Gasteiger partial charge in [-0.25, -0.2) is 4.98 Å². The molecule has 3 nitrogen and oxygen atoms in total. The maximum Gasteiger partial charge on any atom is 0.144 e. The maximum absolute atomic E-state index is 5.24. The molecular weight excluding hydrogens is 631 g/mol. The average molecular weight is 684 g/mol. The molecule has 1 atom stereocenters. The van der Waals surface area contributed by atoms with Gasteiger partial charge >= 0.3 is 0 Å². The number of aryl methyl sites for hydroxylation is 3. The number of fused-ring (bicyclic) bond motifs is 3. The van der Waals surface area contributed by atoms with Gasteiger partial charge in [0, 0.05) is 46.3 Å². The van der Waals surface area contributed by atoms with Gasteiger partial charge < -0.3 is 4.57 Å². The van der Waals surface area contributed by atoms with Crippen LogP contribution in [0.1, 0.15) is 101 Å². The van der Waals surface area contributed by atoms with Crippen molar-refractivity contribution in [2.75, 3.05) is 0 Å². The van der Waals surface area contributed by atoms with Crippen LogP contribution in [0.4, 0.5) is 0 Å². The van der Waals surface area contributed by atoms with E-state index in [1.54, 1.807) is 0 Å². The number of rotatable bonds is 8. The minimum atomic E-state index is 0.0785. The lowest BCUT2D eigenvalue weighted by Gasteiger charge is -2.26. The number of aromatic nitrogens is 3. The number of nitrogens with zero attached hydrogens (tertiary/aromatic N) is 3. The van der Waals surface area contributed by atoms with Crippen LogP contribution in [0.3, 0.4) is 0 Å². The summed E-state index contributed by atoms with van der Waals surface area (Å²) in [7, 11) is 0. The van der Waals surface area contributed by atoms with Gasteiger partial charge in [-0.05, 0) is 124 Å². The van der Waals surface area contributed by atoms with Gasteiger partial charge in [0.05, 0.1) is 5.69 Å². The highest BCUT2D eigenvalue weighted by Gasteiger charge is 2.59. The molecule has 8 rings (SSSR count). The number of benzene rings is 5. The van der Waals surface area contributed by atoms with Crippen LogP contribution < -0.4 is 0 Å². The largest absolute Gasteiger partial charge is 0.341 e. The lowest BCUT2D eigenvalue weighted by molar-refractivity contribution is 0.529. The summed E-state index contributed by atoms with van der Waals surface area (Å²) in [4.78, 5) is 5.24. The summed E-state index contributed by atoms with van der Waals surface area (Å²) in [5.41, 5.74) is 17.3. The van der Waals surface area contributed by atoms with Gasteiger partial charge in [-0.2, -0.15) is 0 Å². The zero-order valence-electron chi connectivity index (χ0n) is 32.7. The maximum atomic E-state index is 5.24. The summed E-state index contributed by atoms with van der Waals surface area (Å²) >= 11 is 0. The molecule has 0 spiro atoms. The van der Waals surface area contributed by atoms with Crippen LogP contribution in [-0.4, -0.2) is 14.1 Å². The summed E-state index contributed by atoms with van der Waals surface area (Å²) in [5, 5.41) is 2.63. The monoisotopic (exact) mass is 683 g/mol. The highest BCUT2D eigenvalue weighted by molar-refractivity contribution is 6.09. The molecule has 0 bridgehead atoms. The fraction of sp³-hybridized carbons (Fsp3) is 0.327. The van der Waals surface area contributed by atoms with E-state index in [1.807, 2.05) is 6.20 Å². The molecule has 1 saturated carbocycles. The van der Waals surface area contributed by atoms with E-state index in [2.05, 4.69) is 176 Å². The van der Waals surface area contributed by atoms with Crippen molar-refractivity contribution in [2.24, 2.45) is 5.41 Å². The Morgan fingerprint density at radius 2 is 1.40 bits per heavy atom. The van der Waals surface area contributed by atoms with Gasteiger partial charge in [0.25, 0.3) is 0 Å². The predicted molar refractivity (Wildman–Crippen MR) is 222 cm³/mol. The molecule has 5 aromatic carbocycles. The zero-order valence-corrected chi connectivity index (χ0v) is 32.7. The summed E-state index contributed by atoms with van der Waals surface area (Å²) in [6, 6.07) is 34.5. The molecule has 3 heteroatoms. The smallest absolute Gasteiger partial charge is 0.144 e. The predicted octanol–water partition coefficient (Wildman–Crippen LogP) is 13.6. The SMILES string of the molecule is CCn1c2ccccc2c2cc(-c3ccc(C(C)C)c(-n4ccnc4-c4cc(-c5c(C)cccc5C)ccc4C4(C)CC4(C)C)c3C(C)C)ccc21. The Morgan fingerprint density at radius 1 is 0.712 bits per heavy atom. The van der Waals surface area contributed by atoms with Crippen molar-refractivity contribution in [3.05, 3.63) is 131 Å². The molecule has 0 saturated heterocycles. The fourth-order valence-corrected chi connectivity index (χ4v) is 9.38. The molecule has 0 aliphatic heterocycles. The third-order valence-electron chi connectivity index (χ3n) is 12.5. The van der Waals surface area contributed by atoms with E-state index in [1.165, 1.54) is 83.1 Å². The van der Waals surface area contributed by atoms with E-state index in [0.29, 0.717) is 5.92 Å². The van der Waals surface area contributed by atoms with E-state index in [4.69, 9.17) is 4.98 Å². The summed E-state index contributed by atoms with van der Waals surface area (Å²) < 4.78 is 4.87. The van der Waals surface area contributed by atoms with Crippen LogP contribution in [0.2, 0.25) is 0 Å². The zero-order chi connectivity index (χ0) is 36.7. The third kappa shape index (κ3) is 5.18. The number of hydrogen-bond donors (Lipinski definition) is 0. The van der Waals surface area contributed by atoms with Gasteiger partial charge in [0.2, 0.25) is 0 Å². The normalized spacial score (nSPS) is 16.8. The molecule has 1 aliphatic rings. The Balaban J connectivity index is 1.39. The van der Waals surface area contributed by atoms with Gasteiger partial charge in [0.1, 0.15) is 5.82 Å². The van der Waals surface area contributed by atoms with Crippen LogP contribution in [0.5, 0.6) is 0 Å². The summed E-state index contributed by atoms with van der Waals surface area (Å²) in [6.45, 7) is 24.3. The topological polar surface area (TPSA) is 22.8 Å². The molecule has 2 aromatic heterocycles. The Morgan fingerprint density at radius 3 is 2.08 bits per heavy atom. The molecule has 0 amide bonds. The number of para-hydroxylation sites is 1. The van der Waals surface area contributed by atoms with E-state index < -0.39 is 0 Å². The molecule has 1 fully saturated rings. The molecule has 1 aliphatic carbocycles. The number of hydrogen-bond acceptors (Lipinski definition) is 1. The van der Waals surface area contributed by atoms with Crippen molar-refractivity contribution in [1.29, 1.82) is 0 Å². The molecule has 0 N–H and O–H groups in total. The van der Waals surface area contributed by atoms with E-state index in [0.717, 1.165) is 18.8 Å². The van der Waals surface area contributed by atoms with Crippen molar-refractivity contribution in [3.8, 4) is 39.3 Å². The first-order chi connectivity index (χ1) is 24.9. The van der Waals surface area contributed by atoms with Crippen LogP contribution in [0, 0.1) is 19.3 Å². The van der Waals surface area contributed by atoms with Gasteiger partial charge in [-0.3, -0.25) is 4.57 Å². The molecule has 52 heavy (non-hydrogen) atoms. The van der Waals surface area contributed by atoms with Gasteiger partial charge in [-0.1, -0.05) is 115 Å².